The van der Waals surface area contributed by atoms with Crippen LogP contribution in [0.15, 0.2) is 47.8 Å². The predicted octanol–water partition coefficient (Wildman–Crippen LogP) is 4.89. The minimum Gasteiger partial charge on any atom is -0.475 e. The van der Waals surface area contributed by atoms with Crippen molar-refractivity contribution < 1.29 is 14.3 Å². The molecule has 2 heterocycles. The lowest BCUT2D eigenvalue weighted by Crippen LogP contribution is -2.42. The molecule has 0 saturated heterocycles. The second-order valence-electron chi connectivity index (χ2n) is 6.12. The molecule has 1 aliphatic rings. The molecule has 29 heavy (non-hydrogen) atoms. The molecule has 0 fully saturated rings. The molecule has 0 bridgehead atoms. The minimum absolute atomic E-state index is 0.000865. The van der Waals surface area contributed by atoms with Crippen molar-refractivity contribution >= 4 is 40.6 Å². The van der Waals surface area contributed by atoms with Crippen molar-refractivity contribution in [1.82, 2.24) is 10.3 Å². The molecule has 10 heteroatoms. The zero-order chi connectivity index (χ0) is 21.1. The summed E-state index contributed by atoms with van der Waals surface area (Å²) in [5.41, 5.74) is 0.333. The summed E-state index contributed by atoms with van der Waals surface area (Å²) in [5.74, 6) is 1.04. The molecule has 1 aromatic heterocycles. The van der Waals surface area contributed by atoms with Crippen LogP contribution in [0.5, 0.6) is 17.4 Å². The Morgan fingerprint density at radius 2 is 1.97 bits per heavy atom. The van der Waals surface area contributed by atoms with Crippen molar-refractivity contribution in [2.45, 2.75) is 20.0 Å². The number of hydrogen-bond acceptors (Lipinski definition) is 6. The van der Waals surface area contributed by atoms with Crippen LogP contribution in [0.4, 0.5) is 10.5 Å². The summed E-state index contributed by atoms with van der Waals surface area (Å²) >= 11 is 12.6. The number of pyridine rings is 1. The Balaban J connectivity index is 1.86. The summed E-state index contributed by atoms with van der Waals surface area (Å²) in [6.45, 7) is 7.36. The molecule has 148 valence electrons. The number of hydrogen-bond donors (Lipinski definition) is 1. The topological polar surface area (TPSA) is 99.8 Å². The number of amides is 2. The molecule has 2 aromatic rings. The Kier molecular flexibility index (Phi) is 5.92. The van der Waals surface area contributed by atoms with Crippen molar-refractivity contribution in [2.75, 3.05) is 5.01 Å². The highest BCUT2D eigenvalue weighted by atomic mass is 35.5. The highest BCUT2D eigenvalue weighted by Crippen LogP contribution is 2.40. The number of nitrogens with zero attached hydrogens (tertiary/aromatic N) is 4. The Bertz CT molecular complexity index is 1020. The highest BCUT2D eigenvalue weighted by molar-refractivity contribution is 6.37. The molecule has 0 saturated carbocycles. The van der Waals surface area contributed by atoms with Gasteiger partial charge >= 0.3 is 6.03 Å². The average Bonchev–Trinajstić information content (AvgIpc) is 2.65. The van der Waals surface area contributed by atoms with Crippen molar-refractivity contribution in [2.24, 2.45) is 5.10 Å². The maximum absolute atomic E-state index is 12.2. The number of carbonyl (C=O) groups excluding carboxylic acids is 1. The largest absolute Gasteiger partial charge is 0.475 e. The van der Waals surface area contributed by atoms with Gasteiger partial charge in [-0.05, 0) is 32.0 Å². The van der Waals surface area contributed by atoms with Gasteiger partial charge in [-0.15, -0.1) is 0 Å². The number of anilines is 1. The number of carbonyl (C=O) groups is 1. The van der Waals surface area contributed by atoms with Crippen molar-refractivity contribution in [1.29, 1.82) is 5.26 Å². The van der Waals surface area contributed by atoms with E-state index in [1.54, 1.807) is 12.1 Å². The summed E-state index contributed by atoms with van der Waals surface area (Å²) in [4.78, 5) is 16.3. The van der Waals surface area contributed by atoms with Crippen LogP contribution in [0.2, 0.25) is 10.0 Å². The van der Waals surface area contributed by atoms with Crippen molar-refractivity contribution in [3.63, 3.8) is 0 Å². The second kappa shape index (κ2) is 8.39. The number of benzene rings is 1. The molecule has 1 aromatic carbocycles. The lowest BCUT2D eigenvalue weighted by atomic mass is 10.2. The highest BCUT2D eigenvalue weighted by Gasteiger charge is 2.26. The lowest BCUT2D eigenvalue weighted by Gasteiger charge is -2.24. The average molecular weight is 432 g/mol. The smallest absolute Gasteiger partial charge is 0.347 e. The maximum atomic E-state index is 12.2. The number of nitrogens with one attached hydrogen (secondary N) is 1. The van der Waals surface area contributed by atoms with Crippen molar-refractivity contribution in [3.05, 3.63) is 52.8 Å². The molecule has 1 aliphatic heterocycles. The Labute approximate surface area is 176 Å². The molecule has 8 nitrogen and oxygen atoms in total. The van der Waals surface area contributed by atoms with E-state index >= 15 is 0 Å². The van der Waals surface area contributed by atoms with Crippen LogP contribution in [0.25, 0.3) is 0 Å². The van der Waals surface area contributed by atoms with Gasteiger partial charge in [0.25, 0.3) is 0 Å². The van der Waals surface area contributed by atoms with E-state index < -0.39 is 6.03 Å². The van der Waals surface area contributed by atoms with Gasteiger partial charge in [-0.2, -0.15) is 15.4 Å². The molecule has 0 spiro atoms. The SMILES string of the molecule is C=C1NC(=O)N(c2cc(Cl)c(Oc3ccc(OC(C)C)nc3)c(Cl)c2)N=C1C#N. The fraction of sp³-hybridized carbons (Fsp3) is 0.158. The normalized spacial score (nSPS) is 13.7. The number of nitriles is 1. The van der Waals surface area contributed by atoms with Gasteiger partial charge in [0.15, 0.2) is 11.5 Å². The van der Waals surface area contributed by atoms with Gasteiger partial charge in [0.2, 0.25) is 5.88 Å². The Morgan fingerprint density at radius 3 is 2.52 bits per heavy atom. The van der Waals surface area contributed by atoms with Gasteiger partial charge in [-0.25, -0.2) is 9.78 Å². The standard InChI is InChI=1S/C19H15Cl2N5O3/c1-10(2)28-17-5-4-13(9-23-17)29-18-14(20)6-12(7-15(18)21)26-19(27)24-11(3)16(8-22)25-26/h4-7,9-10H,3H2,1-2H3,(H,24,27). The maximum Gasteiger partial charge on any atom is 0.347 e. The predicted molar refractivity (Wildman–Crippen MR) is 110 cm³/mol. The van der Waals surface area contributed by atoms with E-state index in [4.69, 9.17) is 37.9 Å². The number of urea groups is 1. The number of allylic oxidation sites excluding steroid dienone is 1. The Morgan fingerprint density at radius 1 is 1.28 bits per heavy atom. The van der Waals surface area contributed by atoms with Gasteiger partial charge in [-0.1, -0.05) is 29.8 Å². The summed E-state index contributed by atoms with van der Waals surface area (Å²) in [6, 6.07) is 7.46. The van der Waals surface area contributed by atoms with Crippen LogP contribution in [0.3, 0.4) is 0 Å². The van der Waals surface area contributed by atoms with Gasteiger partial charge < -0.3 is 14.8 Å². The zero-order valence-corrected chi connectivity index (χ0v) is 17.0. The molecule has 0 radical (unpaired) electrons. The second-order valence-corrected chi connectivity index (χ2v) is 6.93. The first-order chi connectivity index (χ1) is 13.8. The minimum atomic E-state index is -0.597. The van der Waals surface area contributed by atoms with E-state index in [1.165, 1.54) is 18.3 Å². The van der Waals surface area contributed by atoms with E-state index in [9.17, 15) is 4.79 Å². The van der Waals surface area contributed by atoms with E-state index in [0.29, 0.717) is 11.6 Å². The molecular weight excluding hydrogens is 417 g/mol. The number of hydrazone groups is 1. The molecule has 0 unspecified atom stereocenters. The first-order valence-electron chi connectivity index (χ1n) is 8.37. The monoisotopic (exact) mass is 431 g/mol. The van der Waals surface area contributed by atoms with Crippen LogP contribution in [0.1, 0.15) is 13.8 Å². The van der Waals surface area contributed by atoms with E-state index in [-0.39, 0.29) is 39.0 Å². The molecule has 2 amide bonds. The summed E-state index contributed by atoms with van der Waals surface area (Å²) in [5, 5.41) is 16.7. The van der Waals surface area contributed by atoms with Crippen LogP contribution in [0, 0.1) is 11.3 Å². The lowest BCUT2D eigenvalue weighted by molar-refractivity contribution is 0.232. The Hall–Kier alpha value is -3.28. The third-order valence-corrected chi connectivity index (χ3v) is 4.12. The zero-order valence-electron chi connectivity index (χ0n) is 15.4. The number of rotatable bonds is 5. The molecule has 1 N–H and O–H groups in total. The van der Waals surface area contributed by atoms with Gasteiger partial charge in [-0.3, -0.25) is 0 Å². The van der Waals surface area contributed by atoms with Gasteiger partial charge in [0.05, 0.1) is 33.7 Å². The first kappa shape index (κ1) is 20.5. The third kappa shape index (κ3) is 4.59. The van der Waals surface area contributed by atoms with Crippen LogP contribution >= 0.6 is 23.2 Å². The fourth-order valence-corrected chi connectivity index (χ4v) is 2.89. The summed E-state index contributed by atoms with van der Waals surface area (Å²) < 4.78 is 11.2. The molecule has 0 atom stereocenters. The summed E-state index contributed by atoms with van der Waals surface area (Å²) in [6.07, 6.45) is 1.48. The third-order valence-electron chi connectivity index (χ3n) is 3.56. The first-order valence-corrected chi connectivity index (χ1v) is 9.12. The van der Waals surface area contributed by atoms with Crippen LogP contribution < -0.4 is 19.8 Å². The van der Waals surface area contributed by atoms with Crippen molar-refractivity contribution in [3.8, 4) is 23.4 Å². The van der Waals surface area contributed by atoms with Crippen LogP contribution in [-0.4, -0.2) is 22.8 Å². The quantitative estimate of drug-likeness (QED) is 0.725. The van der Waals surface area contributed by atoms with Crippen LogP contribution in [-0.2, 0) is 0 Å². The number of aromatic nitrogens is 1. The van der Waals surface area contributed by atoms with E-state index in [2.05, 4.69) is 22.0 Å². The van der Waals surface area contributed by atoms with Gasteiger partial charge in [0, 0.05) is 6.07 Å². The van der Waals surface area contributed by atoms with Gasteiger partial charge in [0.1, 0.15) is 11.8 Å². The van der Waals surface area contributed by atoms with E-state index in [1.807, 2.05) is 19.9 Å². The molecular formula is C19H15Cl2N5O3. The number of ether oxygens (including phenoxy) is 2. The molecule has 3 rings (SSSR count). The van der Waals surface area contributed by atoms with E-state index in [0.717, 1.165) is 5.01 Å². The fourth-order valence-electron chi connectivity index (χ4n) is 2.33. The number of halogens is 2. The summed E-state index contributed by atoms with van der Waals surface area (Å²) in [7, 11) is 0. The molecule has 0 aliphatic carbocycles.